The van der Waals surface area contributed by atoms with Crippen LogP contribution in [0, 0.1) is 5.82 Å². The van der Waals surface area contributed by atoms with E-state index in [-0.39, 0.29) is 29.5 Å². The molecular formula is C30H24ClFN4O3. The summed E-state index contributed by atoms with van der Waals surface area (Å²) in [6.07, 6.45) is 3.57. The minimum absolute atomic E-state index is 0.0309. The Morgan fingerprint density at radius 2 is 1.92 bits per heavy atom. The van der Waals surface area contributed by atoms with E-state index in [0.29, 0.717) is 33.5 Å². The van der Waals surface area contributed by atoms with Crippen molar-refractivity contribution >= 4 is 34.3 Å². The largest absolute Gasteiger partial charge is 0.508 e. The lowest BCUT2D eigenvalue weighted by molar-refractivity contribution is -0.121. The van der Waals surface area contributed by atoms with Crippen LogP contribution in [0.25, 0.3) is 22.0 Å². The van der Waals surface area contributed by atoms with Crippen LogP contribution in [-0.4, -0.2) is 26.9 Å². The Kier molecular flexibility index (Phi) is 7.29. The number of H-pyrrole nitrogens is 1. The number of nitrogens with two attached hydrogens (primary N) is 1. The lowest BCUT2D eigenvalue weighted by Crippen LogP contribution is -2.32. The van der Waals surface area contributed by atoms with E-state index < -0.39 is 17.8 Å². The molecule has 3 aromatic carbocycles. The third-order valence-corrected chi connectivity index (χ3v) is 6.64. The van der Waals surface area contributed by atoms with E-state index >= 15 is 0 Å². The van der Waals surface area contributed by atoms with Crippen LogP contribution < -0.4 is 11.1 Å². The Bertz CT molecular complexity index is 1680. The summed E-state index contributed by atoms with van der Waals surface area (Å²) in [5.41, 5.74) is 9.81. The Hall–Kier alpha value is -4.69. The van der Waals surface area contributed by atoms with Crippen molar-refractivity contribution < 1.29 is 19.1 Å². The molecule has 39 heavy (non-hydrogen) atoms. The molecule has 5 rings (SSSR count). The van der Waals surface area contributed by atoms with Gasteiger partial charge in [0.2, 0.25) is 11.8 Å². The van der Waals surface area contributed by atoms with E-state index in [1.807, 2.05) is 12.1 Å². The molecule has 5 N–H and O–H groups in total. The van der Waals surface area contributed by atoms with Crippen LogP contribution in [0.1, 0.15) is 33.2 Å². The first-order valence-corrected chi connectivity index (χ1v) is 12.5. The van der Waals surface area contributed by atoms with Crippen molar-refractivity contribution in [3.05, 3.63) is 118 Å². The van der Waals surface area contributed by atoms with E-state index in [1.165, 1.54) is 12.1 Å². The minimum atomic E-state index is -0.664. The first kappa shape index (κ1) is 25.9. The number of primary amides is 1. The summed E-state index contributed by atoms with van der Waals surface area (Å²) in [5.74, 6) is -1.25. The van der Waals surface area contributed by atoms with Crippen molar-refractivity contribution in [1.82, 2.24) is 15.3 Å². The SMILES string of the molecule is NC(=O)c1cccc(-c2cccnc2[C@H](Cc2cc(F)cc(Cl)c2)NC(=O)Cc2c[nH]c3ccc(O)cc23)c1. The highest BCUT2D eigenvalue weighted by atomic mass is 35.5. The molecule has 2 heterocycles. The number of nitrogens with zero attached hydrogens (tertiary/aromatic N) is 1. The van der Waals surface area contributed by atoms with Gasteiger partial charge in [0.15, 0.2) is 0 Å². The molecule has 0 aliphatic carbocycles. The predicted molar refractivity (Wildman–Crippen MR) is 148 cm³/mol. The smallest absolute Gasteiger partial charge is 0.248 e. The summed E-state index contributed by atoms with van der Waals surface area (Å²) >= 11 is 6.11. The molecule has 2 aromatic heterocycles. The van der Waals surface area contributed by atoms with Gasteiger partial charge in [-0.3, -0.25) is 14.6 Å². The van der Waals surface area contributed by atoms with E-state index in [4.69, 9.17) is 17.3 Å². The van der Waals surface area contributed by atoms with Crippen LogP contribution in [0.2, 0.25) is 5.02 Å². The second kappa shape index (κ2) is 11.0. The van der Waals surface area contributed by atoms with Gasteiger partial charge in [0.25, 0.3) is 0 Å². The zero-order valence-electron chi connectivity index (χ0n) is 20.6. The number of pyridine rings is 1. The number of fused-ring (bicyclic) bond motifs is 1. The highest BCUT2D eigenvalue weighted by molar-refractivity contribution is 6.30. The Labute approximate surface area is 228 Å². The van der Waals surface area contributed by atoms with Gasteiger partial charge in [-0.1, -0.05) is 29.8 Å². The normalized spacial score (nSPS) is 11.8. The maximum Gasteiger partial charge on any atom is 0.248 e. The second-order valence-corrected chi connectivity index (χ2v) is 9.64. The molecule has 0 unspecified atom stereocenters. The van der Waals surface area contributed by atoms with E-state index in [2.05, 4.69) is 15.3 Å². The fourth-order valence-electron chi connectivity index (χ4n) is 4.69. The third-order valence-electron chi connectivity index (χ3n) is 6.43. The number of carbonyl (C=O) groups is 2. The molecule has 0 spiro atoms. The molecule has 2 amide bonds. The quantitative estimate of drug-likeness (QED) is 0.208. The number of benzene rings is 3. The van der Waals surface area contributed by atoms with E-state index in [1.54, 1.807) is 60.9 Å². The number of nitrogens with one attached hydrogen (secondary N) is 2. The lowest BCUT2D eigenvalue weighted by atomic mass is 9.94. The van der Waals surface area contributed by atoms with Crippen molar-refractivity contribution in [2.75, 3.05) is 0 Å². The van der Waals surface area contributed by atoms with Gasteiger partial charge in [0, 0.05) is 39.4 Å². The molecule has 0 fully saturated rings. The first-order chi connectivity index (χ1) is 18.8. The molecule has 0 saturated carbocycles. The number of hydrogen-bond donors (Lipinski definition) is 4. The number of phenolic OH excluding ortho intramolecular Hbond substituents is 1. The topological polar surface area (TPSA) is 121 Å². The summed E-state index contributed by atoms with van der Waals surface area (Å²) in [4.78, 5) is 32.9. The van der Waals surface area contributed by atoms with Gasteiger partial charge in [-0.2, -0.15) is 0 Å². The molecule has 196 valence electrons. The summed E-state index contributed by atoms with van der Waals surface area (Å²) in [6, 6.07) is 18.9. The van der Waals surface area contributed by atoms with Crippen LogP contribution in [0.5, 0.6) is 5.75 Å². The van der Waals surface area contributed by atoms with Crippen LogP contribution >= 0.6 is 11.6 Å². The fraction of sp³-hybridized carbons (Fsp3) is 0.100. The van der Waals surface area contributed by atoms with Crippen LogP contribution in [0.4, 0.5) is 4.39 Å². The number of aromatic amines is 1. The molecular weight excluding hydrogens is 519 g/mol. The number of aromatic hydroxyl groups is 1. The zero-order valence-corrected chi connectivity index (χ0v) is 21.4. The molecule has 0 bridgehead atoms. The van der Waals surface area contributed by atoms with Crippen LogP contribution in [-0.2, 0) is 17.6 Å². The zero-order chi connectivity index (χ0) is 27.5. The fourth-order valence-corrected chi connectivity index (χ4v) is 4.94. The number of phenols is 1. The molecule has 0 aliphatic heterocycles. The number of amides is 2. The average molecular weight is 543 g/mol. The van der Waals surface area contributed by atoms with Gasteiger partial charge in [-0.15, -0.1) is 0 Å². The summed E-state index contributed by atoms with van der Waals surface area (Å²) in [5, 5.41) is 13.9. The number of halogens is 2. The Morgan fingerprint density at radius 3 is 2.72 bits per heavy atom. The third kappa shape index (κ3) is 5.91. The predicted octanol–water partition coefficient (Wildman–Crippen LogP) is 5.47. The number of rotatable bonds is 8. The van der Waals surface area contributed by atoms with Crippen molar-refractivity contribution in [1.29, 1.82) is 0 Å². The van der Waals surface area contributed by atoms with Gasteiger partial charge < -0.3 is 21.1 Å². The van der Waals surface area contributed by atoms with Crippen LogP contribution in [0.3, 0.4) is 0 Å². The van der Waals surface area contributed by atoms with Crippen molar-refractivity contribution in [3.8, 4) is 16.9 Å². The molecule has 7 nitrogen and oxygen atoms in total. The van der Waals surface area contributed by atoms with E-state index in [0.717, 1.165) is 10.9 Å². The highest BCUT2D eigenvalue weighted by Crippen LogP contribution is 2.30. The van der Waals surface area contributed by atoms with Gasteiger partial charge >= 0.3 is 0 Å². The van der Waals surface area contributed by atoms with Crippen molar-refractivity contribution in [2.45, 2.75) is 18.9 Å². The Morgan fingerprint density at radius 1 is 1.08 bits per heavy atom. The summed E-state index contributed by atoms with van der Waals surface area (Å²) in [7, 11) is 0. The molecule has 0 radical (unpaired) electrons. The van der Waals surface area contributed by atoms with Crippen molar-refractivity contribution in [2.24, 2.45) is 5.73 Å². The average Bonchev–Trinajstić information content (AvgIpc) is 3.29. The molecule has 1 atom stereocenters. The second-order valence-electron chi connectivity index (χ2n) is 9.20. The minimum Gasteiger partial charge on any atom is -0.508 e. The summed E-state index contributed by atoms with van der Waals surface area (Å²) in [6.45, 7) is 0. The Balaban J connectivity index is 1.52. The van der Waals surface area contributed by atoms with Gasteiger partial charge in [-0.05, 0) is 77.7 Å². The van der Waals surface area contributed by atoms with Crippen molar-refractivity contribution in [3.63, 3.8) is 0 Å². The maximum atomic E-state index is 14.2. The molecule has 0 saturated heterocycles. The van der Waals surface area contributed by atoms with E-state index in [9.17, 15) is 19.1 Å². The van der Waals surface area contributed by atoms with Gasteiger partial charge in [0.05, 0.1) is 18.2 Å². The molecule has 0 aliphatic rings. The summed E-state index contributed by atoms with van der Waals surface area (Å²) < 4.78 is 14.2. The first-order valence-electron chi connectivity index (χ1n) is 12.2. The number of carbonyl (C=O) groups excluding carboxylic acids is 2. The number of aromatic nitrogens is 2. The number of hydrogen-bond acceptors (Lipinski definition) is 4. The molecule has 5 aromatic rings. The standard InChI is InChI=1S/C30H24ClFN4O3/c31-21-9-17(10-22(32)14-21)11-27(36-28(38)13-20-16-35-26-7-6-23(37)15-25(20)26)29-24(5-2-8-34-29)18-3-1-4-19(12-18)30(33)39/h1-10,12,14-16,27,35,37H,11,13H2,(H2,33,39)(H,36,38)/t27-/m0/s1. The lowest BCUT2D eigenvalue weighted by Gasteiger charge is -2.22. The van der Waals surface area contributed by atoms with Gasteiger partial charge in [0.1, 0.15) is 11.6 Å². The highest BCUT2D eigenvalue weighted by Gasteiger charge is 2.22. The van der Waals surface area contributed by atoms with Crippen LogP contribution in [0.15, 0.2) is 85.2 Å². The van der Waals surface area contributed by atoms with Gasteiger partial charge in [-0.25, -0.2) is 4.39 Å². The molecule has 9 heteroatoms. The monoisotopic (exact) mass is 542 g/mol. The maximum absolute atomic E-state index is 14.2.